The molecule has 0 saturated carbocycles. The lowest BCUT2D eigenvalue weighted by Crippen LogP contribution is -2.14. The molecule has 1 aliphatic carbocycles. The van der Waals surface area contributed by atoms with E-state index in [1.54, 1.807) is 0 Å². The molecule has 0 spiro atoms. The first-order chi connectivity index (χ1) is 8.17. The summed E-state index contributed by atoms with van der Waals surface area (Å²) in [6, 6.07) is 0. The molecule has 96 valence electrons. The first kappa shape index (κ1) is 14.8. The quantitative estimate of drug-likeness (QED) is 0.535. The molecular weight excluding hydrogens is 259 g/mol. The van der Waals surface area contributed by atoms with E-state index in [-0.39, 0.29) is 12.2 Å². The number of rotatable bonds is 6. The summed E-state index contributed by atoms with van der Waals surface area (Å²) in [6.45, 7) is 5.14. The second-order valence-electron chi connectivity index (χ2n) is 3.64. The van der Waals surface area contributed by atoms with Crippen LogP contribution in [0.2, 0.25) is 0 Å². The lowest BCUT2D eigenvalue weighted by molar-refractivity contribution is -0.104. The van der Waals surface area contributed by atoms with Gasteiger partial charge in [-0.15, -0.1) is 0 Å². The largest absolute Gasteiger partial charge is 0.349 e. The highest BCUT2D eigenvalue weighted by Crippen LogP contribution is 2.29. The van der Waals surface area contributed by atoms with Crippen LogP contribution in [-0.4, -0.2) is 19.5 Å². The topological polar surface area (TPSA) is 18.5 Å². The van der Waals surface area contributed by atoms with Crippen LogP contribution in [-0.2, 0) is 9.47 Å². The fourth-order valence-electron chi connectivity index (χ4n) is 1.52. The van der Waals surface area contributed by atoms with Crippen molar-refractivity contribution in [1.29, 1.82) is 0 Å². The van der Waals surface area contributed by atoms with Crippen LogP contribution in [0.3, 0.4) is 0 Å². The molecule has 0 heterocycles. The van der Waals surface area contributed by atoms with Crippen molar-refractivity contribution in [1.82, 2.24) is 0 Å². The van der Waals surface area contributed by atoms with Gasteiger partial charge in [-0.1, -0.05) is 35.4 Å². The normalized spacial score (nSPS) is 20.9. The molecule has 17 heavy (non-hydrogen) atoms. The van der Waals surface area contributed by atoms with Crippen LogP contribution in [0, 0.1) is 5.92 Å². The number of halogens is 2. The van der Waals surface area contributed by atoms with E-state index in [9.17, 15) is 0 Å². The zero-order chi connectivity index (χ0) is 12.7. The highest BCUT2D eigenvalue weighted by Gasteiger charge is 2.12. The van der Waals surface area contributed by atoms with E-state index in [4.69, 9.17) is 32.7 Å². The SMILES string of the molecule is CCOC(/C=C/C1C=CC(Cl)=C(Cl)C1)OCC. The second kappa shape index (κ2) is 7.93. The predicted molar refractivity (Wildman–Crippen MR) is 72.2 cm³/mol. The Kier molecular flexibility index (Phi) is 6.90. The standard InChI is InChI=1S/C13H18Cl2O2/c1-3-16-13(17-4-2)8-6-10-5-7-11(14)12(15)9-10/h5-8,10,13H,3-4,9H2,1-2H3/b8-6+. The fraction of sp³-hybridized carbons (Fsp3) is 0.538. The van der Waals surface area contributed by atoms with Crippen molar-refractivity contribution >= 4 is 23.2 Å². The van der Waals surface area contributed by atoms with E-state index < -0.39 is 0 Å². The third kappa shape index (κ3) is 5.26. The van der Waals surface area contributed by atoms with Crippen LogP contribution in [0.5, 0.6) is 0 Å². The molecule has 4 heteroatoms. The van der Waals surface area contributed by atoms with Gasteiger partial charge in [-0.25, -0.2) is 0 Å². The Morgan fingerprint density at radius 2 is 2.00 bits per heavy atom. The van der Waals surface area contributed by atoms with Crippen LogP contribution in [0.15, 0.2) is 34.4 Å². The molecule has 1 aliphatic rings. The predicted octanol–water partition coefficient (Wildman–Crippen LogP) is 4.21. The molecule has 1 unspecified atom stereocenters. The molecule has 1 atom stereocenters. The van der Waals surface area contributed by atoms with Crippen LogP contribution in [0.25, 0.3) is 0 Å². The summed E-state index contributed by atoms with van der Waals surface area (Å²) in [7, 11) is 0. The Hall–Kier alpha value is -0.280. The minimum absolute atomic E-state index is 0.258. The van der Waals surface area contributed by atoms with Crippen LogP contribution < -0.4 is 0 Å². The van der Waals surface area contributed by atoms with Gasteiger partial charge in [0.05, 0.1) is 5.03 Å². The molecular formula is C13H18Cl2O2. The highest BCUT2D eigenvalue weighted by atomic mass is 35.5. The van der Waals surface area contributed by atoms with Crippen LogP contribution in [0.1, 0.15) is 20.3 Å². The van der Waals surface area contributed by atoms with Crippen molar-refractivity contribution in [2.45, 2.75) is 26.6 Å². The van der Waals surface area contributed by atoms with Gasteiger partial charge in [0.2, 0.25) is 0 Å². The summed E-state index contributed by atoms with van der Waals surface area (Å²) in [5.41, 5.74) is 0. The summed E-state index contributed by atoms with van der Waals surface area (Å²) in [5.74, 6) is 0.258. The van der Waals surface area contributed by atoms with Crippen molar-refractivity contribution in [3.05, 3.63) is 34.4 Å². The molecule has 0 aliphatic heterocycles. The molecule has 0 amide bonds. The Morgan fingerprint density at radius 1 is 1.35 bits per heavy atom. The molecule has 0 bridgehead atoms. The summed E-state index contributed by atoms with van der Waals surface area (Å²) in [5, 5.41) is 1.33. The van der Waals surface area contributed by atoms with E-state index in [0.717, 1.165) is 6.42 Å². The molecule has 0 aromatic rings. The molecule has 0 radical (unpaired) electrons. The third-order valence-corrected chi connectivity index (χ3v) is 3.15. The van der Waals surface area contributed by atoms with Gasteiger partial charge in [0.1, 0.15) is 0 Å². The molecule has 0 fully saturated rings. The van der Waals surface area contributed by atoms with Gasteiger partial charge >= 0.3 is 0 Å². The smallest absolute Gasteiger partial charge is 0.176 e. The molecule has 0 N–H and O–H groups in total. The number of allylic oxidation sites excluding steroid dienone is 5. The van der Waals surface area contributed by atoms with E-state index >= 15 is 0 Å². The number of hydrogen-bond acceptors (Lipinski definition) is 2. The Labute approximate surface area is 113 Å². The van der Waals surface area contributed by atoms with Crippen molar-refractivity contribution in [3.63, 3.8) is 0 Å². The minimum atomic E-state index is -0.279. The number of ether oxygens (including phenoxy) is 2. The van der Waals surface area contributed by atoms with Crippen molar-refractivity contribution in [2.24, 2.45) is 5.92 Å². The first-order valence-corrected chi connectivity index (χ1v) is 6.56. The van der Waals surface area contributed by atoms with E-state index in [1.165, 1.54) is 0 Å². The van der Waals surface area contributed by atoms with E-state index in [2.05, 4.69) is 0 Å². The highest BCUT2D eigenvalue weighted by molar-refractivity contribution is 6.40. The maximum absolute atomic E-state index is 6.00. The van der Waals surface area contributed by atoms with Crippen LogP contribution in [0.4, 0.5) is 0 Å². The van der Waals surface area contributed by atoms with E-state index in [1.807, 2.05) is 38.2 Å². The zero-order valence-corrected chi connectivity index (χ0v) is 11.7. The van der Waals surface area contributed by atoms with Gasteiger partial charge in [0.25, 0.3) is 0 Å². The average Bonchev–Trinajstić information content (AvgIpc) is 2.31. The average molecular weight is 277 g/mol. The summed E-state index contributed by atoms with van der Waals surface area (Å²) < 4.78 is 10.8. The third-order valence-electron chi connectivity index (χ3n) is 2.34. The summed E-state index contributed by atoms with van der Waals surface area (Å²) in [4.78, 5) is 0. The fourth-order valence-corrected chi connectivity index (χ4v) is 1.92. The van der Waals surface area contributed by atoms with Gasteiger partial charge in [-0.3, -0.25) is 0 Å². The second-order valence-corrected chi connectivity index (χ2v) is 4.51. The van der Waals surface area contributed by atoms with Crippen LogP contribution >= 0.6 is 23.2 Å². The Morgan fingerprint density at radius 3 is 2.53 bits per heavy atom. The van der Waals surface area contributed by atoms with Crippen molar-refractivity contribution < 1.29 is 9.47 Å². The van der Waals surface area contributed by atoms with Crippen molar-refractivity contribution in [3.8, 4) is 0 Å². The van der Waals surface area contributed by atoms with Gasteiger partial charge in [-0.05, 0) is 32.4 Å². The van der Waals surface area contributed by atoms with Gasteiger partial charge < -0.3 is 9.47 Å². The lowest BCUT2D eigenvalue weighted by Gasteiger charge is -2.16. The Balaban J connectivity index is 2.50. The molecule has 0 aromatic carbocycles. The van der Waals surface area contributed by atoms with Gasteiger partial charge in [0, 0.05) is 24.2 Å². The zero-order valence-electron chi connectivity index (χ0n) is 10.2. The first-order valence-electron chi connectivity index (χ1n) is 5.81. The monoisotopic (exact) mass is 276 g/mol. The minimum Gasteiger partial charge on any atom is -0.349 e. The maximum atomic E-state index is 6.00. The van der Waals surface area contributed by atoms with E-state index in [0.29, 0.717) is 23.3 Å². The summed E-state index contributed by atoms with van der Waals surface area (Å²) >= 11 is 11.9. The summed E-state index contributed by atoms with van der Waals surface area (Å²) in [6.07, 6.45) is 8.28. The Bertz CT molecular complexity index is 315. The molecule has 0 aromatic heterocycles. The molecule has 1 rings (SSSR count). The van der Waals surface area contributed by atoms with Crippen molar-refractivity contribution in [2.75, 3.05) is 13.2 Å². The molecule has 2 nitrogen and oxygen atoms in total. The molecule has 0 saturated heterocycles. The van der Waals surface area contributed by atoms with Gasteiger partial charge in [-0.2, -0.15) is 0 Å². The maximum Gasteiger partial charge on any atom is 0.176 e. The lowest BCUT2D eigenvalue weighted by atomic mass is 10.00. The number of hydrogen-bond donors (Lipinski definition) is 0. The van der Waals surface area contributed by atoms with Gasteiger partial charge in [0.15, 0.2) is 6.29 Å².